The second-order valence-corrected chi connectivity index (χ2v) is 0.622. The molecule has 0 aromatic rings. The van der Waals surface area contributed by atoms with Crippen molar-refractivity contribution in [2.75, 3.05) is 6.61 Å². The maximum atomic E-state index is 4.60. The van der Waals surface area contributed by atoms with Gasteiger partial charge in [-0.2, -0.15) is 0 Å². The Bertz CT molecular complexity index is 28.7. The predicted molar refractivity (Wildman–Crippen MR) is 33.2 cm³/mol. The Balaban J connectivity index is 0. The Morgan fingerprint density at radius 2 is 2.33 bits per heavy atom. The summed E-state index contributed by atoms with van der Waals surface area (Å²) in [7, 11) is 0. The van der Waals surface area contributed by atoms with Crippen molar-refractivity contribution >= 4 is 23.9 Å². The quantitative estimate of drug-likeness (QED) is 0.434. The van der Waals surface area contributed by atoms with E-state index in [1.165, 1.54) is 6.26 Å². The molecule has 0 heterocycles. The summed E-state index contributed by atoms with van der Waals surface area (Å²) in [6, 6.07) is 0. The molecule has 0 spiro atoms. The van der Waals surface area contributed by atoms with E-state index >= 15 is 0 Å². The average Bonchev–Trinajstić information content (AvgIpc) is 1.41. The van der Waals surface area contributed by atoms with Crippen LogP contribution < -0.4 is 0 Å². The van der Waals surface area contributed by atoms with Gasteiger partial charge in [0.15, 0.2) is 0 Å². The summed E-state index contributed by atoms with van der Waals surface area (Å²) in [5.41, 5.74) is 0. The van der Waals surface area contributed by atoms with E-state index in [1.54, 1.807) is 0 Å². The number of hydrogen-bond donors (Lipinski definition) is 0. The van der Waals surface area contributed by atoms with Gasteiger partial charge in [-0.15, -0.1) is 0 Å². The monoisotopic (exact) mass is 196 g/mol. The molecule has 0 unspecified atom stereocenters. The fourth-order valence-electron chi connectivity index (χ4n) is 0.118. The van der Waals surface area contributed by atoms with Crippen LogP contribution in [0.5, 0.6) is 0 Å². The van der Waals surface area contributed by atoms with Crippen LogP contribution in [0.1, 0.15) is 6.92 Å². The molecule has 0 saturated heterocycles. The minimum atomic E-state index is 0. The van der Waals surface area contributed by atoms with Gasteiger partial charge < -0.3 is 4.74 Å². The van der Waals surface area contributed by atoms with E-state index in [1.807, 2.05) is 6.92 Å². The number of ether oxygens (including phenoxy) is 1. The first-order valence-corrected chi connectivity index (χ1v) is 1.64. The molecule has 0 radical (unpaired) electrons. The van der Waals surface area contributed by atoms with Crippen LogP contribution >= 0.6 is 0 Å². The summed E-state index contributed by atoms with van der Waals surface area (Å²) in [6.07, 6.45) is 1.43. The van der Waals surface area contributed by atoms with Crippen molar-refractivity contribution in [2.45, 2.75) is 6.92 Å². The van der Waals surface area contributed by atoms with Gasteiger partial charge in [0.1, 0.15) is 0 Å². The molecule has 0 aliphatic heterocycles. The molecular weight excluding hydrogens is 183 g/mol. The van der Waals surface area contributed by atoms with E-state index in [-0.39, 0.29) is 23.9 Å². The molecule has 0 aromatic heterocycles. The maximum absolute atomic E-state index is 4.60. The van der Waals surface area contributed by atoms with Crippen molar-refractivity contribution in [2.24, 2.45) is 0 Å². The van der Waals surface area contributed by atoms with Crippen molar-refractivity contribution in [1.82, 2.24) is 0 Å². The summed E-state index contributed by atoms with van der Waals surface area (Å²) in [4.78, 5) is 0. The number of rotatable bonds is 2. The molecule has 0 aliphatic carbocycles. The molecule has 0 aliphatic rings. The molecule has 0 rings (SSSR count). The standard InChI is InChI=1S/C4H8O.Sn.4H/c1-3-5-4-2;;;;;/h3H,1,4H2,2H3;;;;;. The van der Waals surface area contributed by atoms with Crippen molar-refractivity contribution in [3.63, 3.8) is 0 Å². The van der Waals surface area contributed by atoms with Crippen LogP contribution in [0.15, 0.2) is 12.8 Å². The van der Waals surface area contributed by atoms with Crippen LogP contribution in [0.25, 0.3) is 0 Å². The second-order valence-electron chi connectivity index (χ2n) is 0.622. The molecular formula is C4H12OSn. The fraction of sp³-hybridized carbons (Fsp3) is 0.500. The van der Waals surface area contributed by atoms with Gasteiger partial charge in [0, 0.05) is 0 Å². The SMILES string of the molecule is C=COCC.[SnH4]. The van der Waals surface area contributed by atoms with E-state index in [9.17, 15) is 0 Å². The Morgan fingerprint density at radius 1 is 1.83 bits per heavy atom. The van der Waals surface area contributed by atoms with Crippen LogP contribution in [-0.4, -0.2) is 30.5 Å². The molecule has 0 fully saturated rings. The van der Waals surface area contributed by atoms with E-state index in [4.69, 9.17) is 0 Å². The third kappa shape index (κ3) is 8.84. The van der Waals surface area contributed by atoms with Gasteiger partial charge in [0.05, 0.1) is 12.9 Å². The van der Waals surface area contributed by atoms with E-state index in [0.29, 0.717) is 0 Å². The Labute approximate surface area is 55.3 Å². The summed E-state index contributed by atoms with van der Waals surface area (Å²) in [5, 5.41) is 0. The van der Waals surface area contributed by atoms with Crippen LogP contribution in [0, 0.1) is 0 Å². The molecule has 0 atom stereocenters. The van der Waals surface area contributed by atoms with Crippen molar-refractivity contribution in [1.29, 1.82) is 0 Å². The van der Waals surface area contributed by atoms with Crippen LogP contribution in [-0.2, 0) is 4.74 Å². The zero-order valence-electron chi connectivity index (χ0n) is 3.40. The van der Waals surface area contributed by atoms with Gasteiger partial charge in [0.2, 0.25) is 0 Å². The molecule has 0 amide bonds. The van der Waals surface area contributed by atoms with Gasteiger partial charge in [-0.25, -0.2) is 0 Å². The number of hydrogen-bond acceptors (Lipinski definition) is 1. The molecule has 0 N–H and O–H groups in total. The first-order valence-electron chi connectivity index (χ1n) is 1.64. The van der Waals surface area contributed by atoms with E-state index in [0.717, 1.165) is 6.61 Å². The molecule has 0 bridgehead atoms. The average molecular weight is 195 g/mol. The summed E-state index contributed by atoms with van der Waals surface area (Å²) in [6.45, 7) is 5.97. The minimum absolute atomic E-state index is 0. The van der Waals surface area contributed by atoms with Gasteiger partial charge >= 0.3 is 23.9 Å². The Kier molecular flexibility index (Phi) is 14.4. The topological polar surface area (TPSA) is 9.23 Å². The van der Waals surface area contributed by atoms with Crippen molar-refractivity contribution in [3.05, 3.63) is 12.8 Å². The van der Waals surface area contributed by atoms with Crippen LogP contribution in [0.3, 0.4) is 0 Å². The van der Waals surface area contributed by atoms with Crippen LogP contribution in [0.4, 0.5) is 0 Å². The first-order chi connectivity index (χ1) is 2.41. The van der Waals surface area contributed by atoms with E-state index in [2.05, 4.69) is 11.3 Å². The molecule has 0 saturated carbocycles. The second kappa shape index (κ2) is 9.02. The van der Waals surface area contributed by atoms with Gasteiger partial charge in [-0.3, -0.25) is 0 Å². The predicted octanol–water partition coefficient (Wildman–Crippen LogP) is -0.285. The van der Waals surface area contributed by atoms with E-state index < -0.39 is 0 Å². The first kappa shape index (κ1) is 9.60. The summed E-state index contributed by atoms with van der Waals surface area (Å²) < 4.78 is 4.60. The molecule has 6 heavy (non-hydrogen) atoms. The molecule has 2 heteroatoms. The summed E-state index contributed by atoms with van der Waals surface area (Å²) >= 11 is 0. The zero-order chi connectivity index (χ0) is 4.12. The van der Waals surface area contributed by atoms with Gasteiger partial charge in [0.25, 0.3) is 0 Å². The fourth-order valence-corrected chi connectivity index (χ4v) is 0.118. The zero-order valence-corrected chi connectivity index (χ0v) is 3.40. The Hall–Kier alpha value is 0.339. The normalized spacial score (nSPS) is 5.50. The van der Waals surface area contributed by atoms with Gasteiger partial charge in [-0.1, -0.05) is 6.58 Å². The third-order valence-electron chi connectivity index (χ3n) is 0.285. The Morgan fingerprint density at radius 3 is 2.33 bits per heavy atom. The molecule has 38 valence electrons. The van der Waals surface area contributed by atoms with Crippen molar-refractivity contribution in [3.8, 4) is 0 Å². The van der Waals surface area contributed by atoms with Crippen molar-refractivity contribution < 1.29 is 4.74 Å². The third-order valence-corrected chi connectivity index (χ3v) is 0.285. The van der Waals surface area contributed by atoms with Crippen LogP contribution in [0.2, 0.25) is 0 Å². The summed E-state index contributed by atoms with van der Waals surface area (Å²) in [5.74, 6) is 0. The van der Waals surface area contributed by atoms with Gasteiger partial charge in [-0.05, 0) is 6.92 Å². The molecule has 1 nitrogen and oxygen atoms in total. The molecule has 0 aromatic carbocycles.